The fraction of sp³-hybridized carbons (Fsp3) is 0.444. The molecule has 3 heterocycles. The molecule has 0 aliphatic carbocycles. The van der Waals surface area contributed by atoms with Crippen molar-refractivity contribution in [3.63, 3.8) is 0 Å². The number of benzene rings is 1. The van der Waals surface area contributed by atoms with E-state index in [-0.39, 0.29) is 25.0 Å². The van der Waals surface area contributed by atoms with Crippen LogP contribution in [0.25, 0.3) is 10.9 Å². The zero-order valence-electron chi connectivity index (χ0n) is 15.7. The molecule has 26 heavy (non-hydrogen) atoms. The van der Waals surface area contributed by atoms with E-state index in [0.29, 0.717) is 30.0 Å². The molecule has 1 aromatic carbocycles. The Balaban J connectivity index is 0.00000210. The summed E-state index contributed by atoms with van der Waals surface area (Å²) in [6, 6.07) is 0.994. The Morgan fingerprint density at radius 3 is 2.69 bits per heavy atom. The molecule has 0 saturated carbocycles. The molecule has 0 radical (unpaired) electrons. The summed E-state index contributed by atoms with van der Waals surface area (Å²) in [6.07, 6.45) is 1.34. The maximum absolute atomic E-state index is 15.0. The van der Waals surface area contributed by atoms with Gasteiger partial charge in [-0.15, -0.1) is 0 Å². The maximum Gasteiger partial charge on any atom is 1.00 e. The van der Waals surface area contributed by atoms with E-state index in [0.717, 1.165) is 19.2 Å². The Morgan fingerprint density at radius 2 is 2.04 bits per heavy atom. The third-order valence-corrected chi connectivity index (χ3v) is 5.19. The molecule has 138 valence electrons. The topological polar surface area (TPSA) is 75.0 Å². The van der Waals surface area contributed by atoms with Crippen LogP contribution < -0.4 is 15.1 Å². The van der Waals surface area contributed by atoms with E-state index in [1.54, 1.807) is 4.57 Å². The van der Waals surface area contributed by atoms with Crippen LogP contribution in [0.5, 0.6) is 5.75 Å². The standard InChI is InChI=1S/C18H20FN3O4/c1-10-9-26-17-14-11(16(23)12(18(24)25)8-22(10)14)7-13(19)15(17)21-5-3-20(2)4-6-21/h7-8,10H,3-6,9H2,1-2H3,(H,24,25)/p+1/t10-/m0/s1. The Hall–Kier alpha value is -2.61. The highest BCUT2D eigenvalue weighted by Crippen LogP contribution is 2.42. The second kappa shape index (κ2) is 5.98. The molecule has 2 aliphatic rings. The number of likely N-dealkylation sites (N-methyl/N-ethyl adjacent to an activating group) is 1. The van der Waals surface area contributed by atoms with Crippen LogP contribution in [0.3, 0.4) is 0 Å². The summed E-state index contributed by atoms with van der Waals surface area (Å²) in [4.78, 5) is 28.1. The first-order valence-electron chi connectivity index (χ1n) is 8.59. The van der Waals surface area contributed by atoms with Gasteiger partial charge >= 0.3 is 7.40 Å². The highest BCUT2D eigenvalue weighted by molar-refractivity contribution is 5.97. The quantitative estimate of drug-likeness (QED) is 0.876. The van der Waals surface area contributed by atoms with E-state index in [1.807, 2.05) is 18.9 Å². The largest absolute Gasteiger partial charge is 1.00 e. The number of aromatic nitrogens is 1. The number of rotatable bonds is 2. The Kier molecular flexibility index (Phi) is 3.87. The summed E-state index contributed by atoms with van der Waals surface area (Å²) >= 11 is 0. The van der Waals surface area contributed by atoms with Crippen molar-refractivity contribution in [1.82, 2.24) is 9.47 Å². The average Bonchev–Trinajstić information content (AvgIpc) is 2.60. The van der Waals surface area contributed by atoms with Gasteiger partial charge in [0.15, 0.2) is 11.6 Å². The van der Waals surface area contributed by atoms with Crippen LogP contribution in [-0.2, 0) is 0 Å². The first-order chi connectivity index (χ1) is 12.4. The van der Waals surface area contributed by atoms with Crippen LogP contribution in [0, 0.1) is 5.82 Å². The molecular weight excluding hydrogens is 341 g/mol. The first kappa shape index (κ1) is 16.8. The molecule has 7 nitrogen and oxygen atoms in total. The molecule has 0 spiro atoms. The molecule has 1 aromatic heterocycles. The molecule has 2 aliphatic heterocycles. The summed E-state index contributed by atoms with van der Waals surface area (Å²) < 4.78 is 22.6. The Labute approximate surface area is 150 Å². The van der Waals surface area contributed by atoms with Gasteiger partial charge in [0.05, 0.1) is 16.9 Å². The van der Waals surface area contributed by atoms with Crippen LogP contribution in [-0.4, -0.2) is 60.4 Å². The van der Waals surface area contributed by atoms with Crippen molar-refractivity contribution in [3.05, 3.63) is 33.9 Å². The highest BCUT2D eigenvalue weighted by atomic mass is 19.1. The number of piperazine rings is 1. The van der Waals surface area contributed by atoms with Crippen molar-refractivity contribution >= 4 is 22.6 Å². The molecule has 1 saturated heterocycles. The predicted octanol–water partition coefficient (Wildman–Crippen LogP) is 1.66. The van der Waals surface area contributed by atoms with E-state index in [9.17, 15) is 19.1 Å². The van der Waals surface area contributed by atoms with Crippen molar-refractivity contribution in [3.8, 4) is 5.75 Å². The molecule has 4 rings (SSSR count). The average molecular weight is 362 g/mol. The van der Waals surface area contributed by atoms with Gasteiger partial charge in [-0.25, -0.2) is 9.18 Å². The van der Waals surface area contributed by atoms with E-state index in [4.69, 9.17) is 4.74 Å². The number of hydrogen-bond acceptors (Lipinski definition) is 5. The normalized spacial score (nSPS) is 20.3. The van der Waals surface area contributed by atoms with E-state index in [2.05, 4.69) is 4.90 Å². The third kappa shape index (κ3) is 2.44. The minimum absolute atomic E-state index is 0. The molecule has 1 fully saturated rings. The fourth-order valence-electron chi connectivity index (χ4n) is 3.69. The van der Waals surface area contributed by atoms with Gasteiger partial charge in [-0.2, -0.15) is 0 Å². The van der Waals surface area contributed by atoms with Gasteiger partial charge in [-0.1, -0.05) is 0 Å². The lowest BCUT2D eigenvalue weighted by Crippen LogP contribution is -2.45. The monoisotopic (exact) mass is 362 g/mol. The number of aromatic carboxylic acids is 1. The number of carboxylic acids is 1. The van der Waals surface area contributed by atoms with Gasteiger partial charge < -0.3 is 24.2 Å². The zero-order chi connectivity index (χ0) is 18.6. The minimum Gasteiger partial charge on any atom is -0.487 e. The molecular formula is C18H21FN3O4+. The molecule has 8 heteroatoms. The predicted molar refractivity (Wildman–Crippen MR) is 96.2 cm³/mol. The zero-order valence-corrected chi connectivity index (χ0v) is 14.7. The Bertz CT molecular complexity index is 969. The van der Waals surface area contributed by atoms with Crippen molar-refractivity contribution in [2.24, 2.45) is 0 Å². The third-order valence-electron chi connectivity index (χ3n) is 5.19. The van der Waals surface area contributed by atoms with Gasteiger partial charge in [-0.05, 0) is 20.0 Å². The van der Waals surface area contributed by atoms with Gasteiger partial charge in [0.1, 0.15) is 17.9 Å². The number of nitrogens with zero attached hydrogens (tertiary/aromatic N) is 3. The number of halogens is 1. The van der Waals surface area contributed by atoms with E-state index in [1.165, 1.54) is 6.20 Å². The summed E-state index contributed by atoms with van der Waals surface area (Å²) in [5, 5.41) is 9.36. The maximum atomic E-state index is 15.0. The van der Waals surface area contributed by atoms with Crippen LogP contribution in [0.2, 0.25) is 0 Å². The van der Waals surface area contributed by atoms with Crippen LogP contribution in [0.4, 0.5) is 10.1 Å². The molecule has 0 bridgehead atoms. The number of anilines is 1. The van der Waals surface area contributed by atoms with Crippen molar-refractivity contribution in [2.45, 2.75) is 13.0 Å². The number of hydrogen-bond donors (Lipinski definition) is 1. The van der Waals surface area contributed by atoms with Gasteiger partial charge in [0.25, 0.3) is 0 Å². The van der Waals surface area contributed by atoms with Gasteiger partial charge in [-0.3, -0.25) is 4.79 Å². The fourth-order valence-corrected chi connectivity index (χ4v) is 3.69. The SMILES string of the molecule is C[C@H]1COc2c(N3CCN(C)CC3)c(F)cc3c(=O)c(C(=O)O)cn1c23.[H+]. The summed E-state index contributed by atoms with van der Waals surface area (Å²) in [7, 11) is 2.02. The van der Waals surface area contributed by atoms with Gasteiger partial charge in [0.2, 0.25) is 5.43 Å². The van der Waals surface area contributed by atoms with Crippen molar-refractivity contribution in [2.75, 3.05) is 44.7 Å². The first-order valence-corrected chi connectivity index (χ1v) is 8.59. The van der Waals surface area contributed by atoms with E-state index >= 15 is 0 Å². The summed E-state index contributed by atoms with van der Waals surface area (Å²) in [6.45, 7) is 5.08. The Morgan fingerprint density at radius 1 is 1.35 bits per heavy atom. The van der Waals surface area contributed by atoms with Crippen molar-refractivity contribution in [1.29, 1.82) is 0 Å². The molecule has 0 unspecified atom stereocenters. The molecule has 1 atom stereocenters. The lowest BCUT2D eigenvalue weighted by atomic mass is 10.1. The van der Waals surface area contributed by atoms with Crippen LogP contribution in [0.1, 0.15) is 24.8 Å². The van der Waals surface area contributed by atoms with Crippen molar-refractivity contribution < 1.29 is 20.5 Å². The van der Waals surface area contributed by atoms with Crippen LogP contribution >= 0.6 is 0 Å². The number of carboxylic acid groups (broad SMARTS) is 1. The van der Waals surface area contributed by atoms with E-state index < -0.39 is 17.2 Å². The highest BCUT2D eigenvalue weighted by Gasteiger charge is 2.30. The summed E-state index contributed by atoms with van der Waals surface area (Å²) in [5.74, 6) is -1.54. The molecule has 2 aromatic rings. The molecule has 1 N–H and O–H groups in total. The van der Waals surface area contributed by atoms with Gasteiger partial charge in [0, 0.05) is 32.4 Å². The smallest absolute Gasteiger partial charge is 0.487 e. The second-order valence-electron chi connectivity index (χ2n) is 6.97. The number of carbonyl (C=O) groups is 1. The minimum atomic E-state index is -1.32. The number of ether oxygens (including phenoxy) is 1. The number of pyridine rings is 1. The van der Waals surface area contributed by atoms with Crippen LogP contribution in [0.15, 0.2) is 17.1 Å². The molecule has 0 amide bonds. The lowest BCUT2D eigenvalue weighted by Gasteiger charge is -2.37. The summed E-state index contributed by atoms with van der Waals surface area (Å²) in [5.41, 5.74) is -0.224. The lowest BCUT2D eigenvalue weighted by molar-refractivity contribution is 0.0694. The second-order valence-corrected chi connectivity index (χ2v) is 6.97.